The van der Waals surface area contributed by atoms with E-state index < -0.39 is 29.4 Å². The molecule has 0 bridgehead atoms. The van der Waals surface area contributed by atoms with E-state index in [0.717, 1.165) is 26.7 Å². The number of carboxylic acids is 1. The van der Waals surface area contributed by atoms with Gasteiger partial charge < -0.3 is 19.7 Å². The maximum absolute atomic E-state index is 11.8. The number of ether oxygens (including phenoxy) is 1. The Labute approximate surface area is 134 Å². The van der Waals surface area contributed by atoms with Gasteiger partial charge in [0.05, 0.1) is 5.97 Å². The smallest absolute Gasteiger partial charge is 0.545 e. The molecule has 0 amide bonds. The van der Waals surface area contributed by atoms with E-state index in [0.29, 0.717) is 6.42 Å². The van der Waals surface area contributed by atoms with Gasteiger partial charge in [-0.3, -0.25) is 4.79 Å². The summed E-state index contributed by atoms with van der Waals surface area (Å²) in [5.41, 5.74) is -2.33. The van der Waals surface area contributed by atoms with Gasteiger partial charge in [-0.15, -0.1) is 0 Å². The van der Waals surface area contributed by atoms with Gasteiger partial charge in [0.25, 0.3) is 0 Å². The summed E-state index contributed by atoms with van der Waals surface area (Å²) < 4.78 is 4.55. The van der Waals surface area contributed by atoms with E-state index in [-0.39, 0.29) is 36.0 Å². The van der Waals surface area contributed by atoms with E-state index in [2.05, 4.69) is 4.74 Å². The molecule has 0 radical (unpaired) electrons. The summed E-state index contributed by atoms with van der Waals surface area (Å²) in [4.78, 5) is 33.9. The molecule has 2 atom stereocenters. The molecule has 0 heterocycles. The van der Waals surface area contributed by atoms with Crippen LogP contribution in [-0.4, -0.2) is 34.5 Å². The number of carbonyl (C=O) groups excluding carboxylic acids is 3. The second-order valence-corrected chi connectivity index (χ2v) is 4.30. The third-order valence-electron chi connectivity index (χ3n) is 2.57. The number of rotatable bonds is 8. The van der Waals surface area contributed by atoms with Crippen molar-refractivity contribution in [3.8, 4) is 0 Å². The third kappa shape index (κ3) is 6.51. The first-order valence-corrected chi connectivity index (χ1v) is 5.91. The molecular weight excluding hydrogens is 263 g/mol. The van der Waals surface area contributed by atoms with Crippen LogP contribution in [0.3, 0.4) is 0 Å². The fourth-order valence-electron chi connectivity index (χ4n) is 1.27. The third-order valence-corrected chi connectivity index (χ3v) is 2.57. The minimum absolute atomic E-state index is 0. The Balaban J connectivity index is 0. The number of carboxylic acid groups (broad SMARTS) is 1. The van der Waals surface area contributed by atoms with Gasteiger partial charge in [0.1, 0.15) is 6.10 Å². The Hall–Kier alpha value is -0.430. The van der Waals surface area contributed by atoms with Gasteiger partial charge in [-0.25, -0.2) is 4.79 Å². The molecule has 6 nitrogen and oxygen atoms in total. The van der Waals surface area contributed by atoms with Crippen molar-refractivity contribution in [1.82, 2.24) is 0 Å². The molecule has 0 aliphatic carbocycles. The molecule has 0 aromatic heterocycles. The second-order valence-electron chi connectivity index (χ2n) is 4.30. The van der Waals surface area contributed by atoms with Crippen LogP contribution in [0.5, 0.6) is 0 Å². The van der Waals surface area contributed by atoms with Crippen molar-refractivity contribution in [3.63, 3.8) is 0 Å². The van der Waals surface area contributed by atoms with Crippen LogP contribution in [0.15, 0.2) is 0 Å². The number of unbranched alkanes of at least 4 members (excludes halogenated alkanes) is 2. The predicted molar refractivity (Wildman–Crippen MR) is 60.3 cm³/mol. The fraction of sp³-hybridized carbons (Fsp3) is 0.750. The SMILES string of the molecule is CCCCCC(=O)C(C)(OC(=O)C(C)O)C(=O)[O-].[Na+]. The fourth-order valence-corrected chi connectivity index (χ4v) is 1.27. The van der Waals surface area contributed by atoms with Crippen molar-refractivity contribution in [2.24, 2.45) is 0 Å². The number of Topliss-reactive ketones (excluding diaryl/α,β-unsaturated/α-hetero) is 1. The zero-order valence-electron chi connectivity index (χ0n) is 11.9. The van der Waals surface area contributed by atoms with E-state index in [1.807, 2.05) is 6.92 Å². The van der Waals surface area contributed by atoms with E-state index >= 15 is 0 Å². The Kier molecular flexibility index (Phi) is 10.4. The number of aliphatic hydroxyl groups excluding tert-OH is 1. The summed E-state index contributed by atoms with van der Waals surface area (Å²) in [5, 5.41) is 19.9. The van der Waals surface area contributed by atoms with Gasteiger partial charge in [-0.05, 0) is 20.3 Å². The first-order valence-electron chi connectivity index (χ1n) is 5.91. The average Bonchev–Trinajstić information content (AvgIpc) is 2.28. The summed E-state index contributed by atoms with van der Waals surface area (Å²) >= 11 is 0. The minimum Gasteiger partial charge on any atom is -0.545 e. The Morgan fingerprint density at radius 2 is 1.84 bits per heavy atom. The molecule has 104 valence electrons. The number of esters is 1. The van der Waals surface area contributed by atoms with Crippen LogP contribution in [-0.2, 0) is 19.1 Å². The van der Waals surface area contributed by atoms with E-state index in [9.17, 15) is 19.5 Å². The number of hydrogen-bond donors (Lipinski definition) is 1. The Morgan fingerprint density at radius 3 is 2.21 bits per heavy atom. The van der Waals surface area contributed by atoms with Crippen molar-refractivity contribution >= 4 is 17.7 Å². The van der Waals surface area contributed by atoms with E-state index in [1.54, 1.807) is 0 Å². The van der Waals surface area contributed by atoms with Crippen LogP contribution in [0, 0.1) is 0 Å². The zero-order valence-corrected chi connectivity index (χ0v) is 13.9. The minimum atomic E-state index is -2.33. The standard InChI is InChI=1S/C12H20O6.Na/c1-4-5-6-7-9(14)12(3,11(16)17)18-10(15)8(2)13;/h8,13H,4-7H2,1-3H3,(H,16,17);/q;+1/p-1. The molecule has 0 aliphatic heterocycles. The molecule has 1 N–H and O–H groups in total. The van der Waals surface area contributed by atoms with E-state index in [1.165, 1.54) is 0 Å². The molecule has 2 unspecified atom stereocenters. The molecule has 0 spiro atoms. The number of carbonyl (C=O) groups is 3. The average molecular weight is 282 g/mol. The van der Waals surface area contributed by atoms with Crippen molar-refractivity contribution in [1.29, 1.82) is 0 Å². The van der Waals surface area contributed by atoms with Crippen molar-refractivity contribution < 1.29 is 58.9 Å². The van der Waals surface area contributed by atoms with Crippen LogP contribution in [0.2, 0.25) is 0 Å². The summed E-state index contributed by atoms with van der Waals surface area (Å²) in [6.45, 7) is 4.03. The largest absolute Gasteiger partial charge is 1.00 e. The van der Waals surface area contributed by atoms with Gasteiger partial charge in [0.2, 0.25) is 5.60 Å². The summed E-state index contributed by atoms with van der Waals surface area (Å²) in [6, 6.07) is 0. The van der Waals surface area contributed by atoms with Crippen LogP contribution in [0.4, 0.5) is 0 Å². The molecule has 0 rings (SSSR count). The van der Waals surface area contributed by atoms with Crippen molar-refractivity contribution in [2.75, 3.05) is 0 Å². The van der Waals surface area contributed by atoms with Crippen LogP contribution < -0.4 is 34.7 Å². The molecule has 0 saturated carbocycles. The van der Waals surface area contributed by atoms with Gasteiger partial charge in [0, 0.05) is 6.42 Å². The molecule has 0 saturated heterocycles. The molecular formula is C12H19NaO6. The maximum atomic E-state index is 11.8. The molecule has 0 aromatic rings. The quantitative estimate of drug-likeness (QED) is 0.215. The van der Waals surface area contributed by atoms with Crippen LogP contribution >= 0.6 is 0 Å². The number of aliphatic hydroxyl groups is 1. The summed E-state index contributed by atoms with van der Waals surface area (Å²) in [7, 11) is 0. The molecule has 0 fully saturated rings. The molecule has 0 aromatic carbocycles. The number of aliphatic carboxylic acids is 1. The van der Waals surface area contributed by atoms with Crippen LogP contribution in [0.1, 0.15) is 46.5 Å². The van der Waals surface area contributed by atoms with E-state index in [4.69, 9.17) is 5.11 Å². The van der Waals surface area contributed by atoms with Crippen molar-refractivity contribution in [2.45, 2.75) is 58.2 Å². The monoisotopic (exact) mass is 282 g/mol. The van der Waals surface area contributed by atoms with Gasteiger partial charge in [-0.1, -0.05) is 19.8 Å². The predicted octanol–water partition coefficient (Wildman–Crippen LogP) is -3.43. The topological polar surface area (TPSA) is 104 Å². The number of ketones is 1. The van der Waals surface area contributed by atoms with Crippen molar-refractivity contribution in [3.05, 3.63) is 0 Å². The molecule has 0 aliphatic rings. The van der Waals surface area contributed by atoms with Gasteiger partial charge in [-0.2, -0.15) is 0 Å². The summed E-state index contributed by atoms with van der Waals surface area (Å²) in [6.07, 6.45) is 0.671. The summed E-state index contributed by atoms with van der Waals surface area (Å²) in [5.74, 6) is -3.67. The molecule has 19 heavy (non-hydrogen) atoms. The number of hydrogen-bond acceptors (Lipinski definition) is 6. The second kappa shape index (κ2) is 9.47. The first-order chi connectivity index (χ1) is 8.25. The maximum Gasteiger partial charge on any atom is 1.00 e. The van der Waals surface area contributed by atoms with Gasteiger partial charge in [0.15, 0.2) is 5.78 Å². The van der Waals surface area contributed by atoms with Crippen LogP contribution in [0.25, 0.3) is 0 Å². The Bertz CT molecular complexity index is 328. The molecule has 7 heteroatoms. The Morgan fingerprint density at radius 1 is 1.32 bits per heavy atom. The van der Waals surface area contributed by atoms with Gasteiger partial charge >= 0.3 is 35.5 Å². The first kappa shape index (κ1) is 20.9. The zero-order chi connectivity index (χ0) is 14.3. The normalized spacial score (nSPS) is 14.7.